The molecule has 13 heteroatoms. The summed E-state index contributed by atoms with van der Waals surface area (Å²) in [6, 6.07) is 15.5. The minimum Gasteiger partial charge on any atom is -0.481 e. The van der Waals surface area contributed by atoms with Gasteiger partial charge in [0.05, 0.1) is 29.8 Å². The summed E-state index contributed by atoms with van der Waals surface area (Å²) in [6.07, 6.45) is -10.2. The van der Waals surface area contributed by atoms with Crippen molar-refractivity contribution in [3.8, 4) is 11.3 Å². The maximum atomic E-state index is 13.5. The van der Waals surface area contributed by atoms with E-state index in [1.165, 1.54) is 5.38 Å². The molecule has 0 fully saturated rings. The number of hydrogen-bond acceptors (Lipinski definition) is 5. The molecule has 0 unspecified atom stereocenters. The topological polar surface area (TPSA) is 82.5 Å². The summed E-state index contributed by atoms with van der Waals surface area (Å²) in [7, 11) is 0. The average Bonchev–Trinajstić information content (AvgIpc) is 3.44. The van der Waals surface area contributed by atoms with Crippen LogP contribution < -0.4 is 10.2 Å². The van der Waals surface area contributed by atoms with Crippen LogP contribution in [0.3, 0.4) is 0 Å². The number of aliphatic carboxylic acids is 1. The van der Waals surface area contributed by atoms with Gasteiger partial charge in [0.1, 0.15) is 0 Å². The van der Waals surface area contributed by atoms with Crippen molar-refractivity contribution in [2.24, 2.45) is 0 Å². The molecule has 0 bridgehead atoms. The highest BCUT2D eigenvalue weighted by atomic mass is 32.1. The molecule has 0 saturated heterocycles. The molecular formula is C32H29F6N3O3S. The Bertz CT molecular complexity index is 1630. The van der Waals surface area contributed by atoms with Crippen molar-refractivity contribution >= 4 is 34.0 Å². The van der Waals surface area contributed by atoms with Crippen LogP contribution in [0.4, 0.5) is 37.2 Å². The fourth-order valence-corrected chi connectivity index (χ4v) is 5.22. The quantitative estimate of drug-likeness (QED) is 0.177. The van der Waals surface area contributed by atoms with Gasteiger partial charge in [0.2, 0.25) is 0 Å². The number of nitrogens with one attached hydrogen (secondary N) is 1. The van der Waals surface area contributed by atoms with Crippen LogP contribution in [0.15, 0.2) is 72.1 Å². The Balaban J connectivity index is 1.69. The molecule has 1 aromatic heterocycles. The molecule has 45 heavy (non-hydrogen) atoms. The van der Waals surface area contributed by atoms with Gasteiger partial charge in [0.15, 0.2) is 5.13 Å². The van der Waals surface area contributed by atoms with E-state index < -0.39 is 35.4 Å². The number of amides is 1. The van der Waals surface area contributed by atoms with Gasteiger partial charge in [-0.05, 0) is 59.0 Å². The second kappa shape index (κ2) is 12.9. The molecule has 2 N–H and O–H groups in total. The maximum Gasteiger partial charge on any atom is 0.416 e. The SMILES string of the molecule is CC(C)(C)c1ccc(N(Cc2ccc(C(=O)NCCC(=O)O)cc2)c2nc(-c3cc(C(F)(F)F)cc(C(F)(F)F)c3)cs2)cc1. The normalized spacial score (nSPS) is 12.2. The number of carbonyl (C=O) groups is 2. The molecule has 0 spiro atoms. The van der Waals surface area contributed by atoms with Gasteiger partial charge in [-0.3, -0.25) is 9.59 Å². The van der Waals surface area contributed by atoms with Crippen LogP contribution in [0, 0.1) is 0 Å². The van der Waals surface area contributed by atoms with E-state index in [-0.39, 0.29) is 42.2 Å². The summed E-state index contributed by atoms with van der Waals surface area (Å²) in [5.41, 5.74) is -0.589. The van der Waals surface area contributed by atoms with Crippen molar-refractivity contribution in [3.05, 3.63) is 99.9 Å². The van der Waals surface area contributed by atoms with Gasteiger partial charge >= 0.3 is 18.3 Å². The number of alkyl halides is 6. The Labute approximate surface area is 259 Å². The highest BCUT2D eigenvalue weighted by Crippen LogP contribution is 2.40. The van der Waals surface area contributed by atoms with E-state index in [4.69, 9.17) is 5.11 Å². The number of carbonyl (C=O) groups excluding carboxylic acids is 1. The predicted octanol–water partition coefficient (Wildman–Crippen LogP) is 8.69. The molecule has 4 aromatic rings. The second-order valence-corrected chi connectivity index (χ2v) is 12.1. The lowest BCUT2D eigenvalue weighted by atomic mass is 9.87. The Kier molecular flexibility index (Phi) is 9.62. The number of carboxylic acid groups (broad SMARTS) is 1. The fraction of sp³-hybridized carbons (Fsp3) is 0.281. The summed E-state index contributed by atoms with van der Waals surface area (Å²) in [6.45, 7) is 6.33. The smallest absolute Gasteiger partial charge is 0.416 e. The van der Waals surface area contributed by atoms with Crippen LogP contribution in [0.25, 0.3) is 11.3 Å². The van der Waals surface area contributed by atoms with E-state index in [0.717, 1.165) is 22.5 Å². The first-order chi connectivity index (χ1) is 20.9. The van der Waals surface area contributed by atoms with Gasteiger partial charge in [0, 0.05) is 28.7 Å². The van der Waals surface area contributed by atoms with E-state index in [0.29, 0.717) is 28.5 Å². The molecular weight excluding hydrogens is 620 g/mol. The first kappa shape index (κ1) is 33.5. The van der Waals surface area contributed by atoms with Gasteiger partial charge < -0.3 is 15.3 Å². The second-order valence-electron chi connectivity index (χ2n) is 11.3. The van der Waals surface area contributed by atoms with Crippen molar-refractivity contribution in [2.45, 2.75) is 51.5 Å². The van der Waals surface area contributed by atoms with Crippen molar-refractivity contribution in [2.75, 3.05) is 11.4 Å². The summed E-state index contributed by atoms with van der Waals surface area (Å²) in [4.78, 5) is 29.3. The summed E-state index contributed by atoms with van der Waals surface area (Å²) < 4.78 is 81.0. The molecule has 1 heterocycles. The number of anilines is 2. The molecule has 0 saturated carbocycles. The molecule has 0 aliphatic heterocycles. The van der Waals surface area contributed by atoms with Crippen LogP contribution >= 0.6 is 11.3 Å². The summed E-state index contributed by atoms with van der Waals surface area (Å²) in [5.74, 6) is -1.48. The molecule has 6 nitrogen and oxygen atoms in total. The Morgan fingerprint density at radius 1 is 0.844 bits per heavy atom. The molecule has 238 valence electrons. The third-order valence-electron chi connectivity index (χ3n) is 6.83. The Morgan fingerprint density at radius 3 is 1.93 bits per heavy atom. The lowest BCUT2D eigenvalue weighted by Crippen LogP contribution is -2.26. The fourth-order valence-electron chi connectivity index (χ4n) is 4.36. The Morgan fingerprint density at radius 2 is 1.42 bits per heavy atom. The minimum absolute atomic E-state index is 0.0308. The number of carboxylic acids is 1. The van der Waals surface area contributed by atoms with Crippen molar-refractivity contribution in [1.29, 1.82) is 0 Å². The number of rotatable bonds is 9. The third kappa shape index (κ3) is 8.62. The van der Waals surface area contributed by atoms with Crippen LogP contribution in [0.5, 0.6) is 0 Å². The zero-order chi connectivity index (χ0) is 33.2. The predicted molar refractivity (Wildman–Crippen MR) is 160 cm³/mol. The first-order valence-corrected chi connectivity index (χ1v) is 14.5. The van der Waals surface area contributed by atoms with Crippen LogP contribution in [-0.4, -0.2) is 28.5 Å². The van der Waals surface area contributed by atoms with Gasteiger partial charge in [-0.2, -0.15) is 26.3 Å². The lowest BCUT2D eigenvalue weighted by Gasteiger charge is -2.24. The van der Waals surface area contributed by atoms with Gasteiger partial charge in [-0.1, -0.05) is 45.0 Å². The van der Waals surface area contributed by atoms with Crippen LogP contribution in [0.2, 0.25) is 0 Å². The van der Waals surface area contributed by atoms with Crippen molar-refractivity contribution in [1.82, 2.24) is 10.3 Å². The van der Waals surface area contributed by atoms with E-state index in [1.54, 1.807) is 29.2 Å². The first-order valence-electron chi connectivity index (χ1n) is 13.6. The average molecular weight is 650 g/mol. The Hall–Kier alpha value is -4.39. The molecule has 0 aliphatic rings. The zero-order valence-electron chi connectivity index (χ0n) is 24.4. The van der Waals surface area contributed by atoms with Crippen molar-refractivity contribution in [3.63, 3.8) is 0 Å². The van der Waals surface area contributed by atoms with Crippen LogP contribution in [-0.2, 0) is 29.1 Å². The summed E-state index contributed by atoms with van der Waals surface area (Å²) >= 11 is 1.06. The molecule has 3 aromatic carbocycles. The van der Waals surface area contributed by atoms with E-state index in [2.05, 4.69) is 31.1 Å². The number of halogens is 6. The number of benzene rings is 3. The largest absolute Gasteiger partial charge is 0.481 e. The minimum atomic E-state index is -4.99. The molecule has 0 atom stereocenters. The molecule has 1 amide bonds. The van der Waals surface area contributed by atoms with Gasteiger partial charge in [0.25, 0.3) is 5.91 Å². The van der Waals surface area contributed by atoms with Crippen molar-refractivity contribution < 1.29 is 41.0 Å². The summed E-state index contributed by atoms with van der Waals surface area (Å²) in [5, 5.41) is 13.0. The van der Waals surface area contributed by atoms with Gasteiger partial charge in [-0.15, -0.1) is 11.3 Å². The molecule has 0 aliphatic carbocycles. The van der Waals surface area contributed by atoms with E-state index >= 15 is 0 Å². The number of hydrogen-bond donors (Lipinski definition) is 2. The molecule has 0 radical (unpaired) electrons. The highest BCUT2D eigenvalue weighted by Gasteiger charge is 2.37. The third-order valence-corrected chi connectivity index (χ3v) is 7.70. The standard InChI is InChI=1S/C32H29F6N3O3S/c1-30(2,3)22-8-10-25(11-9-22)41(17-19-4-6-20(7-5-19)28(44)39-13-12-27(42)43)29-40-26(18-45-29)21-14-23(31(33,34)35)16-24(15-21)32(36,37)38/h4-11,14-16,18H,12-13,17H2,1-3H3,(H,39,44)(H,42,43). The number of nitrogens with zero attached hydrogens (tertiary/aromatic N) is 2. The number of aromatic nitrogens is 1. The van der Waals surface area contributed by atoms with Gasteiger partial charge in [-0.25, -0.2) is 4.98 Å². The zero-order valence-corrected chi connectivity index (χ0v) is 25.2. The number of thiazole rings is 1. The highest BCUT2D eigenvalue weighted by molar-refractivity contribution is 7.14. The van der Waals surface area contributed by atoms with E-state index in [9.17, 15) is 35.9 Å². The monoisotopic (exact) mass is 649 g/mol. The molecule has 4 rings (SSSR count). The lowest BCUT2D eigenvalue weighted by molar-refractivity contribution is -0.143. The maximum absolute atomic E-state index is 13.5. The van der Waals surface area contributed by atoms with E-state index in [1.807, 2.05) is 24.3 Å². The van der Waals surface area contributed by atoms with Crippen LogP contribution in [0.1, 0.15) is 59.8 Å².